The van der Waals surface area contributed by atoms with Gasteiger partial charge in [-0.25, -0.2) is 5.10 Å². The van der Waals surface area contributed by atoms with E-state index < -0.39 is 5.91 Å². The molecule has 1 aromatic heterocycles. The normalized spacial score (nSPS) is 10.7. The van der Waals surface area contributed by atoms with Gasteiger partial charge in [-0.3, -0.25) is 9.59 Å². The molecular formula is C16H11Cl2N3O2. The summed E-state index contributed by atoms with van der Waals surface area (Å²) in [5, 5.41) is 10.8. The number of carbonyl (C=O) groups is 1. The number of hydrogen-bond acceptors (Lipinski definition) is 3. The van der Waals surface area contributed by atoms with Crippen molar-refractivity contribution >= 4 is 39.9 Å². The number of halogens is 2. The van der Waals surface area contributed by atoms with Crippen molar-refractivity contribution in [1.82, 2.24) is 15.5 Å². The molecule has 116 valence electrons. The Balaban J connectivity index is 1.87. The first kappa shape index (κ1) is 15.5. The molecule has 0 aliphatic carbocycles. The molecular weight excluding hydrogens is 337 g/mol. The Morgan fingerprint density at radius 2 is 1.87 bits per heavy atom. The number of nitrogens with zero attached hydrogens (tertiary/aromatic N) is 1. The molecule has 0 bridgehead atoms. The number of carbonyl (C=O) groups excluding carboxylic acids is 1. The van der Waals surface area contributed by atoms with E-state index in [0.29, 0.717) is 20.8 Å². The average molecular weight is 348 g/mol. The van der Waals surface area contributed by atoms with Crippen LogP contribution in [0.4, 0.5) is 0 Å². The van der Waals surface area contributed by atoms with E-state index in [4.69, 9.17) is 23.2 Å². The molecule has 0 radical (unpaired) electrons. The maximum absolute atomic E-state index is 12.4. The number of rotatable bonds is 3. The van der Waals surface area contributed by atoms with E-state index in [2.05, 4.69) is 15.5 Å². The van der Waals surface area contributed by atoms with Gasteiger partial charge in [0.15, 0.2) is 5.69 Å². The summed E-state index contributed by atoms with van der Waals surface area (Å²) in [6.07, 6.45) is 0. The Kier molecular flexibility index (Phi) is 4.32. The fraction of sp³-hybridized carbons (Fsp3) is 0.0625. The molecule has 5 nitrogen and oxygen atoms in total. The van der Waals surface area contributed by atoms with Crippen LogP contribution in [-0.2, 0) is 6.54 Å². The topological polar surface area (TPSA) is 74.8 Å². The maximum Gasteiger partial charge on any atom is 0.272 e. The molecule has 0 unspecified atom stereocenters. The van der Waals surface area contributed by atoms with Crippen LogP contribution in [0.2, 0.25) is 10.0 Å². The van der Waals surface area contributed by atoms with E-state index in [-0.39, 0.29) is 17.8 Å². The van der Waals surface area contributed by atoms with Gasteiger partial charge in [0, 0.05) is 22.0 Å². The van der Waals surface area contributed by atoms with Gasteiger partial charge in [-0.1, -0.05) is 47.5 Å². The van der Waals surface area contributed by atoms with E-state index in [1.165, 1.54) is 0 Å². The van der Waals surface area contributed by atoms with Crippen LogP contribution in [-0.4, -0.2) is 16.1 Å². The molecule has 3 aromatic rings. The first-order valence-electron chi connectivity index (χ1n) is 6.76. The zero-order chi connectivity index (χ0) is 16.4. The van der Waals surface area contributed by atoms with Crippen molar-refractivity contribution in [2.45, 2.75) is 6.54 Å². The fourth-order valence-corrected chi connectivity index (χ4v) is 2.69. The minimum absolute atomic E-state index is 0.158. The van der Waals surface area contributed by atoms with E-state index >= 15 is 0 Å². The van der Waals surface area contributed by atoms with Gasteiger partial charge in [-0.15, -0.1) is 0 Å². The molecule has 0 saturated heterocycles. The summed E-state index contributed by atoms with van der Waals surface area (Å²) >= 11 is 11.9. The lowest BCUT2D eigenvalue weighted by molar-refractivity contribution is 0.0947. The molecule has 2 aromatic carbocycles. The first-order valence-corrected chi connectivity index (χ1v) is 7.51. The minimum Gasteiger partial charge on any atom is -0.346 e. The highest BCUT2D eigenvalue weighted by atomic mass is 35.5. The van der Waals surface area contributed by atoms with Crippen molar-refractivity contribution in [2.24, 2.45) is 0 Å². The molecule has 0 spiro atoms. The molecule has 7 heteroatoms. The van der Waals surface area contributed by atoms with Crippen LogP contribution in [0.25, 0.3) is 10.8 Å². The Morgan fingerprint density at radius 1 is 1.13 bits per heavy atom. The predicted octanol–water partition coefficient (Wildman–Crippen LogP) is 3.16. The summed E-state index contributed by atoms with van der Waals surface area (Å²) in [4.78, 5) is 24.1. The quantitative estimate of drug-likeness (QED) is 0.764. The zero-order valence-corrected chi connectivity index (χ0v) is 13.3. The Labute approximate surface area is 141 Å². The molecule has 0 fully saturated rings. The van der Waals surface area contributed by atoms with Crippen molar-refractivity contribution in [3.63, 3.8) is 0 Å². The number of H-pyrrole nitrogens is 1. The molecule has 3 rings (SSSR count). The lowest BCUT2D eigenvalue weighted by Gasteiger charge is -2.08. The van der Waals surface area contributed by atoms with Crippen LogP contribution in [0.15, 0.2) is 47.3 Å². The average Bonchev–Trinajstić information content (AvgIpc) is 2.54. The third-order valence-corrected chi connectivity index (χ3v) is 3.95. The predicted molar refractivity (Wildman–Crippen MR) is 90.0 cm³/mol. The van der Waals surface area contributed by atoms with Crippen LogP contribution in [0.5, 0.6) is 0 Å². The lowest BCUT2D eigenvalue weighted by Crippen LogP contribution is -2.26. The molecule has 0 atom stereocenters. The van der Waals surface area contributed by atoms with Gasteiger partial charge in [0.2, 0.25) is 0 Å². The van der Waals surface area contributed by atoms with Gasteiger partial charge in [-0.2, -0.15) is 5.10 Å². The number of hydrogen-bond donors (Lipinski definition) is 2. The van der Waals surface area contributed by atoms with E-state index in [1.807, 2.05) is 0 Å². The maximum atomic E-state index is 12.4. The van der Waals surface area contributed by atoms with E-state index in [1.54, 1.807) is 42.5 Å². The molecule has 0 aliphatic rings. The van der Waals surface area contributed by atoms with Crippen molar-refractivity contribution in [3.8, 4) is 0 Å². The molecule has 23 heavy (non-hydrogen) atoms. The third kappa shape index (κ3) is 3.21. The van der Waals surface area contributed by atoms with Crippen molar-refractivity contribution in [2.75, 3.05) is 0 Å². The van der Waals surface area contributed by atoms with Crippen LogP contribution < -0.4 is 10.9 Å². The van der Waals surface area contributed by atoms with E-state index in [9.17, 15) is 9.59 Å². The van der Waals surface area contributed by atoms with E-state index in [0.717, 1.165) is 5.56 Å². The van der Waals surface area contributed by atoms with Gasteiger partial charge in [-0.05, 0) is 23.8 Å². The van der Waals surface area contributed by atoms with Crippen molar-refractivity contribution in [3.05, 3.63) is 74.1 Å². The summed E-state index contributed by atoms with van der Waals surface area (Å²) in [5.41, 5.74) is 0.557. The summed E-state index contributed by atoms with van der Waals surface area (Å²) in [6, 6.07) is 11.8. The molecule has 0 aliphatic heterocycles. The molecule has 0 saturated carbocycles. The zero-order valence-electron chi connectivity index (χ0n) is 11.8. The number of benzene rings is 2. The monoisotopic (exact) mass is 347 g/mol. The number of amides is 1. The number of fused-ring (bicyclic) bond motifs is 1. The SMILES string of the molecule is O=C(NCc1ccc(Cl)cc1Cl)c1n[nH]c(=O)c2ccccc12. The van der Waals surface area contributed by atoms with Gasteiger partial charge in [0.05, 0.1) is 5.39 Å². The summed E-state index contributed by atoms with van der Waals surface area (Å²) in [6.45, 7) is 0.226. The Hall–Kier alpha value is -2.37. The highest BCUT2D eigenvalue weighted by Gasteiger charge is 2.14. The largest absolute Gasteiger partial charge is 0.346 e. The summed E-state index contributed by atoms with van der Waals surface area (Å²) < 4.78 is 0. The van der Waals surface area contributed by atoms with Gasteiger partial charge < -0.3 is 5.32 Å². The van der Waals surface area contributed by atoms with Crippen molar-refractivity contribution in [1.29, 1.82) is 0 Å². The number of nitrogens with one attached hydrogen (secondary N) is 2. The first-order chi connectivity index (χ1) is 11.1. The second kappa shape index (κ2) is 6.40. The third-order valence-electron chi connectivity index (χ3n) is 3.37. The second-order valence-electron chi connectivity index (χ2n) is 4.87. The number of aromatic nitrogens is 2. The Bertz CT molecular complexity index is 953. The van der Waals surface area contributed by atoms with Crippen LogP contribution in [0.3, 0.4) is 0 Å². The van der Waals surface area contributed by atoms with Gasteiger partial charge >= 0.3 is 0 Å². The van der Waals surface area contributed by atoms with Gasteiger partial charge in [0.25, 0.3) is 11.5 Å². The van der Waals surface area contributed by atoms with Crippen LogP contribution in [0, 0.1) is 0 Å². The summed E-state index contributed by atoms with van der Waals surface area (Å²) in [7, 11) is 0. The highest BCUT2D eigenvalue weighted by molar-refractivity contribution is 6.35. The van der Waals surface area contributed by atoms with Gasteiger partial charge in [0.1, 0.15) is 0 Å². The fourth-order valence-electron chi connectivity index (χ4n) is 2.21. The van der Waals surface area contributed by atoms with Crippen LogP contribution >= 0.6 is 23.2 Å². The minimum atomic E-state index is -0.400. The van der Waals surface area contributed by atoms with Crippen LogP contribution in [0.1, 0.15) is 16.1 Å². The lowest BCUT2D eigenvalue weighted by atomic mass is 10.1. The highest BCUT2D eigenvalue weighted by Crippen LogP contribution is 2.21. The second-order valence-corrected chi connectivity index (χ2v) is 5.71. The number of aromatic amines is 1. The molecule has 1 heterocycles. The standard InChI is InChI=1S/C16H11Cl2N3O2/c17-10-6-5-9(13(18)7-10)8-19-16(23)14-11-3-1-2-4-12(11)15(22)21-20-14/h1-7H,8H2,(H,19,23)(H,21,22). The Morgan fingerprint density at radius 3 is 2.61 bits per heavy atom. The van der Waals surface area contributed by atoms with Crippen molar-refractivity contribution < 1.29 is 4.79 Å². The summed E-state index contributed by atoms with van der Waals surface area (Å²) in [5.74, 6) is -0.400. The molecule has 2 N–H and O–H groups in total. The smallest absolute Gasteiger partial charge is 0.272 e. The molecule has 1 amide bonds.